The molecule has 0 aliphatic heterocycles. The number of furan rings is 1. The zero-order valence-electron chi connectivity index (χ0n) is 8.99. The van der Waals surface area contributed by atoms with E-state index in [0.717, 1.165) is 22.3 Å². The summed E-state index contributed by atoms with van der Waals surface area (Å²) >= 11 is 0. The standard InChI is InChI=1S/C12H13NO3/c1-8-10(6-13-7-12(14)15)9-4-2-3-5-11(9)16-8/h2-5,13H,6-7H2,1H3,(H,14,15). The highest BCUT2D eigenvalue weighted by Crippen LogP contribution is 2.24. The van der Waals surface area contributed by atoms with E-state index in [9.17, 15) is 4.79 Å². The Labute approximate surface area is 92.9 Å². The summed E-state index contributed by atoms with van der Waals surface area (Å²) in [5.74, 6) is -0.0236. The summed E-state index contributed by atoms with van der Waals surface area (Å²) < 4.78 is 5.57. The van der Waals surface area contributed by atoms with Crippen LogP contribution in [0.25, 0.3) is 11.0 Å². The molecule has 0 radical (unpaired) electrons. The molecule has 4 heteroatoms. The number of carboxylic acid groups (broad SMARTS) is 1. The van der Waals surface area contributed by atoms with Crippen LogP contribution in [0.4, 0.5) is 0 Å². The van der Waals surface area contributed by atoms with Gasteiger partial charge in [-0.05, 0) is 13.0 Å². The van der Waals surface area contributed by atoms with Crippen LogP contribution in [0, 0.1) is 6.92 Å². The van der Waals surface area contributed by atoms with Gasteiger partial charge >= 0.3 is 5.97 Å². The van der Waals surface area contributed by atoms with Crippen molar-refractivity contribution in [3.63, 3.8) is 0 Å². The first-order valence-electron chi connectivity index (χ1n) is 5.08. The van der Waals surface area contributed by atoms with Crippen LogP contribution in [0.5, 0.6) is 0 Å². The second-order valence-corrected chi connectivity index (χ2v) is 3.63. The molecule has 0 aliphatic carbocycles. The lowest BCUT2D eigenvalue weighted by Crippen LogP contribution is -2.22. The maximum atomic E-state index is 10.4. The normalized spacial score (nSPS) is 10.8. The van der Waals surface area contributed by atoms with Crippen LogP contribution < -0.4 is 5.32 Å². The number of para-hydroxylation sites is 1. The summed E-state index contributed by atoms with van der Waals surface area (Å²) in [6.45, 7) is 2.35. The van der Waals surface area contributed by atoms with Crippen LogP contribution in [-0.2, 0) is 11.3 Å². The molecule has 1 aromatic carbocycles. The lowest BCUT2D eigenvalue weighted by molar-refractivity contribution is -0.135. The molecular formula is C12H13NO3. The Bertz CT molecular complexity index is 516. The number of nitrogens with one attached hydrogen (secondary N) is 1. The number of aryl methyl sites for hydroxylation is 1. The molecule has 0 atom stereocenters. The van der Waals surface area contributed by atoms with Gasteiger partial charge in [0.25, 0.3) is 0 Å². The van der Waals surface area contributed by atoms with Crippen molar-refractivity contribution in [1.82, 2.24) is 5.32 Å². The molecule has 2 rings (SSSR count). The second-order valence-electron chi connectivity index (χ2n) is 3.63. The van der Waals surface area contributed by atoms with Crippen molar-refractivity contribution in [2.75, 3.05) is 6.54 Å². The topological polar surface area (TPSA) is 62.5 Å². The Hall–Kier alpha value is -1.81. The van der Waals surface area contributed by atoms with E-state index in [2.05, 4.69) is 5.32 Å². The Morgan fingerprint density at radius 2 is 2.19 bits per heavy atom. The zero-order chi connectivity index (χ0) is 11.5. The average Bonchev–Trinajstić information content (AvgIpc) is 2.55. The van der Waals surface area contributed by atoms with Crippen molar-refractivity contribution in [2.45, 2.75) is 13.5 Å². The quantitative estimate of drug-likeness (QED) is 0.824. The average molecular weight is 219 g/mol. The lowest BCUT2D eigenvalue weighted by Gasteiger charge is -2.00. The van der Waals surface area contributed by atoms with Gasteiger partial charge in [0.05, 0.1) is 6.54 Å². The molecule has 1 heterocycles. The number of hydrogen-bond donors (Lipinski definition) is 2. The number of carbonyl (C=O) groups is 1. The predicted molar refractivity (Wildman–Crippen MR) is 60.3 cm³/mol. The van der Waals surface area contributed by atoms with E-state index < -0.39 is 5.97 Å². The fraction of sp³-hybridized carbons (Fsp3) is 0.250. The maximum absolute atomic E-state index is 10.4. The van der Waals surface area contributed by atoms with E-state index in [1.807, 2.05) is 31.2 Å². The molecule has 0 saturated carbocycles. The summed E-state index contributed by atoms with van der Waals surface area (Å²) in [6.07, 6.45) is 0. The number of carboxylic acids is 1. The van der Waals surface area contributed by atoms with E-state index in [4.69, 9.17) is 9.52 Å². The van der Waals surface area contributed by atoms with Crippen molar-refractivity contribution in [3.05, 3.63) is 35.6 Å². The Morgan fingerprint density at radius 3 is 2.94 bits per heavy atom. The van der Waals surface area contributed by atoms with E-state index in [-0.39, 0.29) is 6.54 Å². The number of hydrogen-bond acceptors (Lipinski definition) is 3. The van der Waals surface area contributed by atoms with Gasteiger partial charge in [0.1, 0.15) is 11.3 Å². The number of rotatable bonds is 4. The first-order chi connectivity index (χ1) is 7.68. The van der Waals surface area contributed by atoms with Crippen molar-refractivity contribution in [1.29, 1.82) is 0 Å². The van der Waals surface area contributed by atoms with Crippen molar-refractivity contribution < 1.29 is 14.3 Å². The molecule has 0 amide bonds. The monoisotopic (exact) mass is 219 g/mol. The van der Waals surface area contributed by atoms with E-state index >= 15 is 0 Å². The minimum Gasteiger partial charge on any atom is -0.480 e. The fourth-order valence-corrected chi connectivity index (χ4v) is 1.74. The lowest BCUT2D eigenvalue weighted by atomic mass is 10.1. The third-order valence-corrected chi connectivity index (χ3v) is 2.48. The Kier molecular flexibility index (Phi) is 2.92. The van der Waals surface area contributed by atoms with Crippen molar-refractivity contribution in [2.24, 2.45) is 0 Å². The number of fused-ring (bicyclic) bond motifs is 1. The molecule has 0 saturated heterocycles. The molecule has 0 aliphatic rings. The van der Waals surface area contributed by atoms with Gasteiger partial charge in [-0.15, -0.1) is 0 Å². The molecule has 16 heavy (non-hydrogen) atoms. The molecule has 0 unspecified atom stereocenters. The van der Waals surface area contributed by atoms with Gasteiger partial charge < -0.3 is 14.8 Å². The molecule has 1 aromatic heterocycles. The largest absolute Gasteiger partial charge is 0.480 e. The van der Waals surface area contributed by atoms with Crippen LogP contribution in [-0.4, -0.2) is 17.6 Å². The SMILES string of the molecule is Cc1oc2ccccc2c1CNCC(=O)O. The molecule has 4 nitrogen and oxygen atoms in total. The van der Waals surface area contributed by atoms with Crippen LogP contribution in [0.15, 0.2) is 28.7 Å². The molecule has 84 valence electrons. The van der Waals surface area contributed by atoms with Crippen LogP contribution in [0.3, 0.4) is 0 Å². The Morgan fingerprint density at radius 1 is 1.44 bits per heavy atom. The van der Waals surface area contributed by atoms with Gasteiger partial charge in [0.2, 0.25) is 0 Å². The molecule has 2 N–H and O–H groups in total. The summed E-state index contributed by atoms with van der Waals surface area (Å²) in [4.78, 5) is 10.4. The van der Waals surface area contributed by atoms with Crippen LogP contribution in [0.2, 0.25) is 0 Å². The minimum absolute atomic E-state index is 0.0427. The van der Waals surface area contributed by atoms with E-state index in [0.29, 0.717) is 6.54 Å². The van der Waals surface area contributed by atoms with Gasteiger partial charge in [-0.2, -0.15) is 0 Å². The number of benzene rings is 1. The van der Waals surface area contributed by atoms with Crippen molar-refractivity contribution in [3.8, 4) is 0 Å². The maximum Gasteiger partial charge on any atom is 0.317 e. The third kappa shape index (κ3) is 2.06. The van der Waals surface area contributed by atoms with Crippen LogP contribution >= 0.6 is 0 Å². The first-order valence-corrected chi connectivity index (χ1v) is 5.08. The first kappa shape index (κ1) is 10.7. The highest BCUT2D eigenvalue weighted by molar-refractivity contribution is 5.82. The summed E-state index contributed by atoms with van der Waals surface area (Å²) in [5, 5.41) is 12.4. The molecular weight excluding hydrogens is 206 g/mol. The highest BCUT2D eigenvalue weighted by Gasteiger charge is 2.09. The highest BCUT2D eigenvalue weighted by atomic mass is 16.4. The smallest absolute Gasteiger partial charge is 0.317 e. The molecule has 0 bridgehead atoms. The molecule has 2 aromatic rings. The summed E-state index contributed by atoms with van der Waals surface area (Å²) in [7, 11) is 0. The molecule has 0 spiro atoms. The van der Waals surface area contributed by atoms with E-state index in [1.54, 1.807) is 0 Å². The predicted octanol–water partition coefficient (Wildman–Crippen LogP) is 1.92. The van der Waals surface area contributed by atoms with E-state index in [1.165, 1.54) is 0 Å². The number of aliphatic carboxylic acids is 1. The van der Waals surface area contributed by atoms with Crippen LogP contribution in [0.1, 0.15) is 11.3 Å². The summed E-state index contributed by atoms with van der Waals surface area (Å²) in [5.41, 5.74) is 1.86. The summed E-state index contributed by atoms with van der Waals surface area (Å²) in [6, 6.07) is 7.74. The molecule has 0 fully saturated rings. The minimum atomic E-state index is -0.856. The second kappa shape index (κ2) is 4.37. The third-order valence-electron chi connectivity index (χ3n) is 2.48. The van der Waals surface area contributed by atoms with Gasteiger partial charge in [0.15, 0.2) is 0 Å². The Balaban J connectivity index is 2.22. The van der Waals surface area contributed by atoms with Gasteiger partial charge in [-0.1, -0.05) is 18.2 Å². The van der Waals surface area contributed by atoms with Gasteiger partial charge in [-0.25, -0.2) is 0 Å². The zero-order valence-corrected chi connectivity index (χ0v) is 8.99. The fourth-order valence-electron chi connectivity index (χ4n) is 1.74. The van der Waals surface area contributed by atoms with Gasteiger partial charge in [0, 0.05) is 17.5 Å². The van der Waals surface area contributed by atoms with Crippen molar-refractivity contribution >= 4 is 16.9 Å². The van der Waals surface area contributed by atoms with Gasteiger partial charge in [-0.3, -0.25) is 4.79 Å².